The first-order valence-corrected chi connectivity index (χ1v) is 7.02. The molecule has 0 saturated carbocycles. The molecule has 2 aromatic rings. The second-order valence-corrected chi connectivity index (χ2v) is 5.81. The van der Waals surface area contributed by atoms with Gasteiger partial charge in [0.05, 0.1) is 5.69 Å². The summed E-state index contributed by atoms with van der Waals surface area (Å²) in [5.41, 5.74) is 0.0821. The minimum Gasteiger partial charge on any atom is -0.277 e. The van der Waals surface area contributed by atoms with Crippen molar-refractivity contribution in [3.8, 4) is 0 Å². The lowest BCUT2D eigenvalue weighted by atomic mass is 10.2. The summed E-state index contributed by atoms with van der Waals surface area (Å²) < 4.78 is 65.6. The van der Waals surface area contributed by atoms with Crippen LogP contribution in [0.3, 0.4) is 0 Å². The van der Waals surface area contributed by atoms with Crippen molar-refractivity contribution in [2.24, 2.45) is 0 Å². The average molecular weight is 301 g/mol. The summed E-state index contributed by atoms with van der Waals surface area (Å²) in [7, 11) is -4.29. The number of sulfonamides is 1. The monoisotopic (exact) mass is 301 g/mol. The number of benzene rings is 2. The molecule has 0 bridgehead atoms. The Morgan fingerprint density at radius 2 is 1.65 bits per heavy atom. The van der Waals surface area contributed by atoms with Crippen LogP contribution in [0.5, 0.6) is 0 Å². The number of rotatable bonds is 3. The normalized spacial score (nSPS) is 11.4. The Morgan fingerprint density at radius 1 is 0.950 bits per heavy atom. The van der Waals surface area contributed by atoms with E-state index in [-0.39, 0.29) is 0 Å². The van der Waals surface area contributed by atoms with Crippen LogP contribution < -0.4 is 4.72 Å². The molecule has 2 rings (SSSR count). The van der Waals surface area contributed by atoms with Gasteiger partial charge in [0.15, 0.2) is 0 Å². The van der Waals surface area contributed by atoms with Crippen molar-refractivity contribution in [3.63, 3.8) is 0 Å². The highest BCUT2D eigenvalue weighted by Crippen LogP contribution is 2.22. The number of anilines is 1. The predicted molar refractivity (Wildman–Crippen MR) is 68.3 cm³/mol. The van der Waals surface area contributed by atoms with E-state index in [1.165, 1.54) is 6.07 Å². The van der Waals surface area contributed by atoms with Gasteiger partial charge >= 0.3 is 0 Å². The van der Waals surface area contributed by atoms with E-state index < -0.39 is 38.1 Å². The van der Waals surface area contributed by atoms with E-state index in [1.54, 1.807) is 6.92 Å². The highest BCUT2D eigenvalue weighted by molar-refractivity contribution is 7.92. The summed E-state index contributed by atoms with van der Waals surface area (Å²) >= 11 is 0. The molecule has 0 aliphatic rings. The Balaban J connectivity index is 2.43. The first-order chi connectivity index (χ1) is 9.29. The third-order valence-electron chi connectivity index (χ3n) is 2.55. The molecule has 0 unspecified atom stereocenters. The second kappa shape index (κ2) is 5.16. The number of hydrogen-bond acceptors (Lipinski definition) is 2. The van der Waals surface area contributed by atoms with Crippen molar-refractivity contribution in [2.75, 3.05) is 4.72 Å². The summed E-state index contributed by atoms with van der Waals surface area (Å²) in [6, 6.07) is 5.89. The maximum absolute atomic E-state index is 13.6. The molecule has 0 atom stereocenters. The molecule has 0 fully saturated rings. The molecular weight excluding hydrogens is 291 g/mol. The average Bonchev–Trinajstić information content (AvgIpc) is 2.35. The van der Waals surface area contributed by atoms with E-state index in [0.717, 1.165) is 24.3 Å². The molecular formula is C13H10F3NO2S. The van der Waals surface area contributed by atoms with Crippen LogP contribution in [0.2, 0.25) is 0 Å². The zero-order valence-electron chi connectivity index (χ0n) is 10.3. The molecule has 0 aliphatic heterocycles. The van der Waals surface area contributed by atoms with Gasteiger partial charge in [-0.25, -0.2) is 21.6 Å². The Kier molecular flexibility index (Phi) is 3.71. The number of nitrogens with one attached hydrogen (secondary N) is 1. The van der Waals surface area contributed by atoms with Crippen molar-refractivity contribution in [3.05, 3.63) is 59.4 Å². The van der Waals surface area contributed by atoms with E-state index in [0.29, 0.717) is 11.6 Å². The lowest BCUT2D eigenvalue weighted by molar-refractivity contribution is 0.567. The lowest BCUT2D eigenvalue weighted by Gasteiger charge is -2.10. The minimum atomic E-state index is -4.29. The minimum absolute atomic E-state index is 0.452. The van der Waals surface area contributed by atoms with Crippen molar-refractivity contribution in [1.29, 1.82) is 0 Å². The molecule has 0 spiro atoms. The molecule has 106 valence electrons. The highest BCUT2D eigenvalue weighted by Gasteiger charge is 2.20. The van der Waals surface area contributed by atoms with Crippen LogP contribution in [0.15, 0.2) is 41.3 Å². The number of aryl methyl sites for hydroxylation is 1. The number of halogens is 3. The first kappa shape index (κ1) is 14.4. The van der Waals surface area contributed by atoms with Gasteiger partial charge in [-0.05, 0) is 36.8 Å². The van der Waals surface area contributed by atoms with Gasteiger partial charge in [-0.1, -0.05) is 6.07 Å². The summed E-state index contributed by atoms with van der Waals surface area (Å²) in [5.74, 6) is -2.88. The van der Waals surface area contributed by atoms with Crippen molar-refractivity contribution >= 4 is 15.7 Å². The molecule has 20 heavy (non-hydrogen) atoms. The van der Waals surface area contributed by atoms with E-state index in [9.17, 15) is 21.6 Å². The van der Waals surface area contributed by atoms with Gasteiger partial charge in [0, 0.05) is 6.07 Å². The van der Waals surface area contributed by atoms with E-state index in [1.807, 2.05) is 4.72 Å². The molecule has 0 heterocycles. The summed E-state index contributed by atoms with van der Waals surface area (Å²) in [6.45, 7) is 1.59. The number of hydrogen-bond donors (Lipinski definition) is 1. The van der Waals surface area contributed by atoms with Gasteiger partial charge in [-0.3, -0.25) is 4.72 Å². The van der Waals surface area contributed by atoms with Crippen molar-refractivity contribution < 1.29 is 21.6 Å². The molecule has 0 aliphatic carbocycles. The van der Waals surface area contributed by atoms with E-state index in [4.69, 9.17) is 0 Å². The molecule has 2 aromatic carbocycles. The van der Waals surface area contributed by atoms with Crippen molar-refractivity contribution in [1.82, 2.24) is 0 Å². The van der Waals surface area contributed by atoms with Crippen LogP contribution in [0, 0.1) is 24.4 Å². The van der Waals surface area contributed by atoms with Gasteiger partial charge in [0.2, 0.25) is 0 Å². The largest absolute Gasteiger partial charge is 0.277 e. The van der Waals surface area contributed by atoms with Crippen LogP contribution in [0.4, 0.5) is 18.9 Å². The Hall–Kier alpha value is -2.02. The standard InChI is InChI=1S/C13H10F3NO2S/c1-8-2-4-10(15)13(6-8)20(18,19)17-12-5-3-9(14)7-11(12)16/h2-7,17H,1H3. The fourth-order valence-corrected chi connectivity index (χ4v) is 2.82. The molecule has 0 radical (unpaired) electrons. The zero-order valence-corrected chi connectivity index (χ0v) is 11.1. The lowest BCUT2D eigenvalue weighted by Crippen LogP contribution is -2.15. The molecule has 7 heteroatoms. The molecule has 3 nitrogen and oxygen atoms in total. The summed E-state index contributed by atoms with van der Waals surface area (Å²) in [4.78, 5) is -0.596. The topological polar surface area (TPSA) is 46.2 Å². The Bertz CT molecular complexity index is 760. The SMILES string of the molecule is Cc1ccc(F)c(S(=O)(=O)Nc2ccc(F)cc2F)c1. The molecule has 0 aromatic heterocycles. The molecule has 0 saturated heterocycles. The van der Waals surface area contributed by atoms with Crippen LogP contribution in [0.25, 0.3) is 0 Å². The third-order valence-corrected chi connectivity index (χ3v) is 3.93. The predicted octanol–water partition coefficient (Wildman–Crippen LogP) is 3.21. The van der Waals surface area contributed by atoms with Crippen LogP contribution in [0.1, 0.15) is 5.56 Å². The van der Waals surface area contributed by atoms with Crippen LogP contribution in [-0.2, 0) is 10.0 Å². The highest BCUT2D eigenvalue weighted by atomic mass is 32.2. The summed E-state index contributed by atoms with van der Waals surface area (Å²) in [6.07, 6.45) is 0. The van der Waals surface area contributed by atoms with E-state index in [2.05, 4.69) is 0 Å². The third kappa shape index (κ3) is 2.93. The first-order valence-electron chi connectivity index (χ1n) is 5.53. The van der Waals surface area contributed by atoms with Gasteiger partial charge < -0.3 is 0 Å². The molecule has 0 amide bonds. The van der Waals surface area contributed by atoms with Crippen LogP contribution >= 0.6 is 0 Å². The van der Waals surface area contributed by atoms with Gasteiger partial charge in [-0.2, -0.15) is 0 Å². The van der Waals surface area contributed by atoms with Gasteiger partial charge in [0.1, 0.15) is 22.3 Å². The van der Waals surface area contributed by atoms with E-state index >= 15 is 0 Å². The fraction of sp³-hybridized carbons (Fsp3) is 0.0769. The zero-order chi connectivity index (χ0) is 14.9. The van der Waals surface area contributed by atoms with Crippen molar-refractivity contribution in [2.45, 2.75) is 11.8 Å². The quantitative estimate of drug-likeness (QED) is 0.946. The second-order valence-electron chi connectivity index (χ2n) is 4.16. The maximum Gasteiger partial charge on any atom is 0.264 e. The van der Waals surface area contributed by atoms with Gasteiger partial charge in [0.25, 0.3) is 10.0 Å². The Labute approximate surface area is 114 Å². The van der Waals surface area contributed by atoms with Gasteiger partial charge in [-0.15, -0.1) is 0 Å². The van der Waals surface area contributed by atoms with Crippen LogP contribution in [-0.4, -0.2) is 8.42 Å². The fourth-order valence-electron chi connectivity index (χ4n) is 1.59. The smallest absolute Gasteiger partial charge is 0.264 e. The Morgan fingerprint density at radius 3 is 2.30 bits per heavy atom. The maximum atomic E-state index is 13.6. The molecule has 1 N–H and O–H groups in total. The summed E-state index contributed by atoms with van der Waals surface area (Å²) in [5, 5.41) is 0.